The minimum Gasteiger partial charge on any atom is -0.493 e. The van der Waals surface area contributed by atoms with E-state index in [0.29, 0.717) is 12.6 Å². The third kappa shape index (κ3) is 3.72. The highest BCUT2D eigenvalue weighted by Crippen LogP contribution is 2.32. The maximum absolute atomic E-state index is 6.27. The third-order valence-corrected chi connectivity index (χ3v) is 4.62. The molecular weight excluding hydrogens is 318 g/mol. The highest BCUT2D eigenvalue weighted by atomic mass is 35.5. The van der Waals surface area contributed by atoms with Gasteiger partial charge in [0.2, 0.25) is 0 Å². The molecule has 0 amide bonds. The molecule has 1 unspecified atom stereocenters. The molecule has 0 radical (unpaired) electrons. The van der Waals surface area contributed by atoms with Crippen LogP contribution in [0.2, 0.25) is 5.02 Å². The lowest BCUT2D eigenvalue weighted by Crippen LogP contribution is -2.22. The van der Waals surface area contributed by atoms with Crippen LogP contribution in [-0.2, 0) is 0 Å². The molecular formula is C21H22ClNO. The van der Waals surface area contributed by atoms with Crippen molar-refractivity contribution in [3.63, 3.8) is 0 Å². The molecule has 124 valence electrons. The average molecular weight is 340 g/mol. The fraction of sp³-hybridized carbons (Fsp3) is 0.238. The van der Waals surface area contributed by atoms with E-state index >= 15 is 0 Å². The van der Waals surface area contributed by atoms with Crippen LogP contribution in [0.5, 0.6) is 5.75 Å². The normalized spacial score (nSPS) is 12.5. The van der Waals surface area contributed by atoms with Crippen molar-refractivity contribution in [2.75, 3.05) is 20.7 Å². The molecule has 3 aromatic rings. The number of hydrogen-bond acceptors (Lipinski definition) is 2. The Morgan fingerprint density at radius 1 is 0.875 bits per heavy atom. The van der Waals surface area contributed by atoms with E-state index < -0.39 is 0 Å². The van der Waals surface area contributed by atoms with E-state index in [9.17, 15) is 0 Å². The van der Waals surface area contributed by atoms with Gasteiger partial charge in [0, 0.05) is 28.3 Å². The van der Waals surface area contributed by atoms with Crippen LogP contribution in [0, 0.1) is 0 Å². The molecule has 0 aliphatic rings. The molecule has 0 N–H and O–H groups in total. The molecule has 0 aliphatic carbocycles. The topological polar surface area (TPSA) is 12.5 Å². The van der Waals surface area contributed by atoms with Crippen LogP contribution in [0.25, 0.3) is 10.8 Å². The molecule has 1 atom stereocenters. The Balaban J connectivity index is 1.73. The highest BCUT2D eigenvalue weighted by molar-refractivity contribution is 6.35. The van der Waals surface area contributed by atoms with Crippen LogP contribution in [0.3, 0.4) is 0 Å². The molecule has 0 saturated carbocycles. The van der Waals surface area contributed by atoms with E-state index in [4.69, 9.17) is 16.3 Å². The number of benzene rings is 3. The lowest BCUT2D eigenvalue weighted by atomic mass is 10.0. The van der Waals surface area contributed by atoms with Crippen LogP contribution in [0.4, 0.5) is 0 Å². The van der Waals surface area contributed by atoms with Crippen LogP contribution >= 0.6 is 11.6 Å². The van der Waals surface area contributed by atoms with E-state index in [1.165, 1.54) is 5.56 Å². The molecule has 0 saturated heterocycles. The van der Waals surface area contributed by atoms with Gasteiger partial charge in [-0.3, -0.25) is 0 Å². The predicted molar refractivity (Wildman–Crippen MR) is 102 cm³/mol. The van der Waals surface area contributed by atoms with E-state index in [-0.39, 0.29) is 0 Å². The summed E-state index contributed by atoms with van der Waals surface area (Å²) in [5.74, 6) is 0.889. The Morgan fingerprint density at radius 2 is 1.54 bits per heavy atom. The third-order valence-electron chi connectivity index (χ3n) is 4.29. The van der Waals surface area contributed by atoms with Crippen molar-refractivity contribution in [2.24, 2.45) is 0 Å². The summed E-state index contributed by atoms with van der Waals surface area (Å²) in [7, 11) is 4.21. The van der Waals surface area contributed by atoms with Crippen LogP contribution in [0.15, 0.2) is 66.7 Å². The Bertz CT molecular complexity index is 801. The van der Waals surface area contributed by atoms with E-state index in [1.54, 1.807) is 0 Å². The number of nitrogens with zero attached hydrogens (tertiary/aromatic N) is 1. The predicted octanol–water partition coefficient (Wildman–Crippen LogP) is 5.57. The number of hydrogen-bond donors (Lipinski definition) is 0. The van der Waals surface area contributed by atoms with Gasteiger partial charge in [0.25, 0.3) is 0 Å². The quantitative estimate of drug-likeness (QED) is 0.582. The second-order valence-corrected chi connectivity index (χ2v) is 6.53. The van der Waals surface area contributed by atoms with Gasteiger partial charge in [0.1, 0.15) is 5.75 Å². The maximum atomic E-state index is 6.27. The lowest BCUT2D eigenvalue weighted by Gasteiger charge is -2.25. The van der Waals surface area contributed by atoms with Crippen molar-refractivity contribution in [1.82, 2.24) is 4.90 Å². The van der Waals surface area contributed by atoms with Crippen molar-refractivity contribution >= 4 is 22.4 Å². The molecule has 24 heavy (non-hydrogen) atoms. The smallest absolute Gasteiger partial charge is 0.127 e. The number of halogens is 1. The van der Waals surface area contributed by atoms with Gasteiger partial charge in [-0.1, -0.05) is 66.2 Å². The van der Waals surface area contributed by atoms with Gasteiger partial charge in [0.15, 0.2) is 0 Å². The second kappa shape index (κ2) is 7.69. The molecule has 0 aromatic heterocycles. The Kier molecular flexibility index (Phi) is 5.39. The number of ether oxygens (including phenoxy) is 1. The molecule has 0 heterocycles. The highest BCUT2D eigenvalue weighted by Gasteiger charge is 2.14. The number of fused-ring (bicyclic) bond motifs is 1. The van der Waals surface area contributed by atoms with E-state index in [2.05, 4.69) is 49.3 Å². The molecule has 3 rings (SSSR count). The first kappa shape index (κ1) is 16.8. The summed E-state index contributed by atoms with van der Waals surface area (Å²) < 4.78 is 6.09. The molecule has 2 nitrogen and oxygen atoms in total. The average Bonchev–Trinajstić information content (AvgIpc) is 2.61. The van der Waals surface area contributed by atoms with Crippen molar-refractivity contribution < 1.29 is 4.74 Å². The molecule has 0 fully saturated rings. The minimum absolute atomic E-state index is 0.338. The molecule has 3 heteroatoms. The van der Waals surface area contributed by atoms with Gasteiger partial charge in [-0.2, -0.15) is 0 Å². The first-order valence-corrected chi connectivity index (χ1v) is 8.56. The largest absolute Gasteiger partial charge is 0.493 e. The Hall–Kier alpha value is -2.03. The Labute approximate surface area is 148 Å². The van der Waals surface area contributed by atoms with Gasteiger partial charge >= 0.3 is 0 Å². The summed E-state index contributed by atoms with van der Waals surface area (Å²) in [6, 6.07) is 22.8. The summed E-state index contributed by atoms with van der Waals surface area (Å²) in [5.41, 5.74) is 1.31. The summed E-state index contributed by atoms with van der Waals surface area (Å²) in [4.78, 5) is 2.23. The van der Waals surface area contributed by atoms with E-state index in [0.717, 1.165) is 28.0 Å². The van der Waals surface area contributed by atoms with Gasteiger partial charge in [-0.15, -0.1) is 0 Å². The summed E-state index contributed by atoms with van der Waals surface area (Å²) in [6.07, 6.45) is 0.925. The van der Waals surface area contributed by atoms with Gasteiger partial charge in [-0.05, 0) is 31.8 Å². The summed E-state index contributed by atoms with van der Waals surface area (Å²) >= 11 is 6.27. The van der Waals surface area contributed by atoms with Gasteiger partial charge in [-0.25, -0.2) is 0 Å². The first-order valence-electron chi connectivity index (χ1n) is 8.18. The zero-order valence-electron chi connectivity index (χ0n) is 14.1. The zero-order chi connectivity index (χ0) is 16.9. The van der Waals surface area contributed by atoms with Crippen molar-refractivity contribution in [2.45, 2.75) is 12.5 Å². The minimum atomic E-state index is 0.338. The fourth-order valence-corrected chi connectivity index (χ4v) is 3.27. The van der Waals surface area contributed by atoms with Crippen molar-refractivity contribution in [3.05, 3.63) is 77.3 Å². The molecule has 0 spiro atoms. The van der Waals surface area contributed by atoms with Crippen LogP contribution in [-0.4, -0.2) is 25.6 Å². The standard InChI is InChI=1S/C21H22ClNO/c1-23(2)20(16-8-4-3-5-9-16)14-15-24-21-13-12-19(22)17-10-6-7-11-18(17)21/h3-13,20H,14-15H2,1-2H3. The monoisotopic (exact) mass is 339 g/mol. The van der Waals surface area contributed by atoms with Crippen LogP contribution in [0.1, 0.15) is 18.0 Å². The number of rotatable bonds is 6. The SMILES string of the molecule is CN(C)C(CCOc1ccc(Cl)c2ccccc12)c1ccccc1. The fourth-order valence-electron chi connectivity index (χ4n) is 3.04. The first-order chi connectivity index (χ1) is 11.7. The van der Waals surface area contributed by atoms with Crippen LogP contribution < -0.4 is 4.74 Å². The zero-order valence-corrected chi connectivity index (χ0v) is 14.8. The lowest BCUT2D eigenvalue weighted by molar-refractivity contribution is 0.225. The second-order valence-electron chi connectivity index (χ2n) is 6.12. The summed E-state index contributed by atoms with van der Waals surface area (Å²) in [5, 5.41) is 2.85. The van der Waals surface area contributed by atoms with Gasteiger partial charge < -0.3 is 9.64 Å². The van der Waals surface area contributed by atoms with Crippen molar-refractivity contribution in [3.8, 4) is 5.75 Å². The molecule has 0 bridgehead atoms. The molecule has 3 aromatic carbocycles. The van der Waals surface area contributed by atoms with Gasteiger partial charge in [0.05, 0.1) is 6.61 Å². The van der Waals surface area contributed by atoms with Crippen molar-refractivity contribution in [1.29, 1.82) is 0 Å². The molecule has 0 aliphatic heterocycles. The van der Waals surface area contributed by atoms with E-state index in [1.807, 2.05) is 36.4 Å². The Morgan fingerprint density at radius 3 is 2.25 bits per heavy atom. The maximum Gasteiger partial charge on any atom is 0.127 e. The summed E-state index contributed by atoms with van der Waals surface area (Å²) in [6.45, 7) is 0.656.